The van der Waals surface area contributed by atoms with Gasteiger partial charge in [-0.3, -0.25) is 0 Å². The Morgan fingerprint density at radius 3 is 1.02 bits per heavy atom. The maximum absolute atomic E-state index is 13.6. The number of piperidine rings is 5. The third-order valence-corrected chi connectivity index (χ3v) is 24.6. The van der Waals surface area contributed by atoms with Gasteiger partial charge in [-0.15, -0.1) is 0 Å². The van der Waals surface area contributed by atoms with E-state index >= 15 is 0 Å². The Morgan fingerprint density at radius 2 is 0.752 bits per heavy atom. The predicted octanol–water partition coefficient (Wildman–Crippen LogP) is 22.2. The van der Waals surface area contributed by atoms with Crippen molar-refractivity contribution in [1.29, 1.82) is 0 Å². The van der Waals surface area contributed by atoms with Gasteiger partial charge in [0.25, 0.3) is 0 Å². The molecule has 5 unspecified atom stereocenters. The first kappa shape index (κ1) is 117. The van der Waals surface area contributed by atoms with Gasteiger partial charge in [0.05, 0.1) is 81.7 Å². The molecule has 744 valence electrons. The first-order valence-corrected chi connectivity index (χ1v) is 50.4. The maximum atomic E-state index is 13.6. The summed E-state index contributed by atoms with van der Waals surface area (Å²) in [4.78, 5) is 68.3. The van der Waals surface area contributed by atoms with E-state index in [4.69, 9.17) is 42.6 Å². The van der Waals surface area contributed by atoms with E-state index in [1.165, 1.54) is 12.1 Å². The first-order chi connectivity index (χ1) is 58.6. The van der Waals surface area contributed by atoms with Crippen molar-refractivity contribution in [2.45, 2.75) is 408 Å². The van der Waals surface area contributed by atoms with Gasteiger partial charge in [0.1, 0.15) is 17.0 Å². The molecule has 1 aromatic carbocycles. The zero-order valence-electron chi connectivity index (χ0n) is 85.6. The van der Waals surface area contributed by atoms with Crippen LogP contribution in [0.3, 0.4) is 0 Å². The molecule has 31 heteroatoms. The topological polar surface area (TPSA) is 274 Å². The lowest BCUT2D eigenvalue weighted by molar-refractivity contribution is -0.138. The molecular weight excluding hydrogens is 1700 g/mol. The molecule has 5 aliphatic heterocycles. The molecule has 5 atom stereocenters. The van der Waals surface area contributed by atoms with Crippen molar-refractivity contribution < 1.29 is 96.2 Å². The van der Waals surface area contributed by atoms with Crippen molar-refractivity contribution in [2.24, 2.45) is 29.6 Å². The van der Waals surface area contributed by atoms with Crippen molar-refractivity contribution in [3.8, 4) is 0 Å². The highest BCUT2D eigenvalue weighted by molar-refractivity contribution is 7.91. The smallest absolute Gasteiger partial charge is 0.419 e. The number of nitrogens with zero attached hydrogens (tertiary/aromatic N) is 8. The molecule has 0 radical (unpaired) electrons. The number of carbonyl (C=O) groups excluding carboxylic acids is 4. The minimum Gasteiger partial charge on any atom is -0.450 e. The minimum absolute atomic E-state index is 0.00301. The number of hydrogen-bond donors (Lipinski definition) is 0. The van der Waals surface area contributed by atoms with E-state index in [0.717, 1.165) is 179 Å². The van der Waals surface area contributed by atoms with Gasteiger partial charge in [-0.25, -0.2) is 55.4 Å². The second-order valence-electron chi connectivity index (χ2n) is 44.1. The number of rotatable bonds is 16. The summed E-state index contributed by atoms with van der Waals surface area (Å²) in [7, 11) is -6.50. The second kappa shape index (κ2) is 49.3. The van der Waals surface area contributed by atoms with Crippen LogP contribution >= 0.6 is 0 Å². The third kappa shape index (κ3) is 46.5. The lowest BCUT2D eigenvalue weighted by Gasteiger charge is -2.37. The van der Waals surface area contributed by atoms with Crippen LogP contribution in [-0.2, 0) is 79.3 Å². The summed E-state index contributed by atoms with van der Waals surface area (Å²) >= 11 is 0. The van der Waals surface area contributed by atoms with Crippen LogP contribution in [0.5, 0.6) is 0 Å². The number of anilines is 1. The van der Waals surface area contributed by atoms with Crippen LogP contribution in [0, 0.1) is 35.4 Å². The summed E-state index contributed by atoms with van der Waals surface area (Å²) in [5, 5.41) is 0.130. The van der Waals surface area contributed by atoms with Gasteiger partial charge in [0.15, 0.2) is 24.7 Å². The number of benzene rings is 1. The molecule has 1 aliphatic carbocycles. The van der Waals surface area contributed by atoms with Crippen LogP contribution in [0.25, 0.3) is 0 Å². The fraction of sp³-hybridized carbons (Fsp3) is 0.806. The summed E-state index contributed by atoms with van der Waals surface area (Å²) in [6.45, 7) is 75.0. The molecular formula is C98H170F4N8O17S2. The number of ether oxygens (including phenoxy) is 9. The van der Waals surface area contributed by atoms with Crippen molar-refractivity contribution in [1.82, 2.24) is 34.6 Å². The molecule has 1 saturated carbocycles. The van der Waals surface area contributed by atoms with Crippen LogP contribution in [0.15, 0.2) is 58.8 Å². The average molecular weight is 1870 g/mol. The molecule has 7 heterocycles. The molecule has 6 aliphatic rings. The van der Waals surface area contributed by atoms with Crippen LogP contribution in [-0.4, -0.2) is 236 Å². The van der Waals surface area contributed by atoms with E-state index in [1.54, 1.807) is 22.1 Å². The van der Waals surface area contributed by atoms with Crippen LogP contribution in [0.2, 0.25) is 0 Å². The minimum atomic E-state index is -4.40. The first-order valence-electron chi connectivity index (χ1n) is 46.6. The fourth-order valence-electron chi connectivity index (χ4n) is 15.4. The number of alkyl halides is 3. The molecule has 0 spiro atoms. The number of sulfone groups is 2. The molecule has 3 aromatic rings. The number of amides is 4. The van der Waals surface area contributed by atoms with Gasteiger partial charge in [-0.2, -0.15) is 13.2 Å². The number of halogens is 4. The Balaban J connectivity index is 0.000000390. The molecule has 2 aromatic heterocycles. The second-order valence-corrected chi connectivity index (χ2v) is 48.0. The quantitative estimate of drug-likeness (QED) is 0.0951. The molecule has 5 saturated heterocycles. The van der Waals surface area contributed by atoms with E-state index in [0.29, 0.717) is 47.7 Å². The zero-order valence-corrected chi connectivity index (χ0v) is 87.2. The van der Waals surface area contributed by atoms with E-state index in [-0.39, 0.29) is 115 Å². The van der Waals surface area contributed by atoms with Gasteiger partial charge in [-0.05, 0) is 334 Å². The van der Waals surface area contributed by atoms with Gasteiger partial charge >= 0.3 is 30.5 Å². The van der Waals surface area contributed by atoms with E-state index < -0.39 is 42.8 Å². The largest absolute Gasteiger partial charge is 0.450 e. The summed E-state index contributed by atoms with van der Waals surface area (Å²) < 4.78 is 147. The zero-order chi connectivity index (χ0) is 99.0. The van der Waals surface area contributed by atoms with Crippen LogP contribution in [0.1, 0.15) is 322 Å². The number of carbonyl (C=O) groups is 4. The SMILES string of the molecule is CC(C)(C)c1ccc(S(C)(=O)=O)cc1F.CC(C)(C)c1ccc(S(C)(=O)=O)nc1.CC(C)OC(=O)N1CCC(C(C)OC(C)(C)C)CC1.CC(OC(C)(C)C)C1CCN(C(=O)OC(C)(C)C)CC1.CC(OC(C)(C)C)C1CCN(C(=O)OC2(C)CC2)CC1.CC(OC(C)(C)C)C1CCN(c2ncc(C(F)(F)F)cn2)CC1.CCOC(=O)N1CCC(C(C)OC(C)(C)C)CC1. The van der Waals surface area contributed by atoms with E-state index in [1.807, 2.05) is 111 Å². The molecule has 25 nitrogen and oxygen atoms in total. The van der Waals surface area contributed by atoms with Gasteiger partial charge in [0, 0.05) is 96.5 Å². The molecule has 4 amide bonds. The van der Waals surface area contributed by atoms with Crippen molar-refractivity contribution >= 4 is 50.0 Å². The van der Waals surface area contributed by atoms with Crippen molar-refractivity contribution in [3.05, 3.63) is 71.4 Å². The maximum Gasteiger partial charge on any atom is 0.419 e. The van der Waals surface area contributed by atoms with Crippen LogP contribution in [0.4, 0.5) is 42.7 Å². The summed E-state index contributed by atoms with van der Waals surface area (Å²) in [6, 6.07) is 7.42. The Labute approximate surface area is 775 Å². The number of hydrogen-bond acceptors (Lipinski definition) is 21. The molecule has 0 N–H and O–H groups in total. The highest BCUT2D eigenvalue weighted by Crippen LogP contribution is 2.40. The Bertz CT molecular complexity index is 4020. The Hall–Kier alpha value is -6.25. The summed E-state index contributed by atoms with van der Waals surface area (Å²) in [5.41, 5.74) is -0.755. The lowest BCUT2D eigenvalue weighted by atomic mass is 9.87. The summed E-state index contributed by atoms with van der Waals surface area (Å²) in [6.07, 6.45) is 13.3. The molecule has 129 heavy (non-hydrogen) atoms. The molecule has 0 bridgehead atoms. The van der Waals surface area contributed by atoms with E-state index in [9.17, 15) is 53.6 Å². The number of likely N-dealkylation sites (tertiary alicyclic amines) is 4. The third-order valence-electron chi connectivity index (χ3n) is 22.4. The average Bonchev–Trinajstić information content (AvgIpc) is 1.56. The number of aromatic nitrogens is 3. The van der Waals surface area contributed by atoms with E-state index in [2.05, 4.69) is 153 Å². The normalized spacial score (nSPS) is 18.8. The standard InChI is InChI=1S/C16H24F3N3O.C16H29NO3.C16H31NO3.C15H29NO3.C14H27NO3.C11H15FO2S.C10H15NO2S/c1-11(23-15(2,3)4)12-5-7-22(8-6-12)14-20-9-13(10-21-14)16(17,18)19;1-12(19-15(2,3)4)13-6-10-17(11-7-13)14(18)20-16(5)8-9-16;1-12(19-15(2,3)4)13-8-10-17(11-9-13)14(18)20-16(5,6)7;1-11(2)18-14(17)16-9-7-13(8-10-16)12(3)19-15(4,5)6;1-6-17-13(16)15-9-7-12(8-10-15)11(2)18-14(3,4)5;1-11(2,3)9-6-5-8(7-10(9)12)15(4,13)14;1-10(2,3)8-5-6-9(11-7-8)14(4,12)13/h9-12H,5-8H2,1-4H3;12-13H,6-11H2,1-5H3;12-13H,8-11H2,1-7H3;11-13H,7-10H2,1-6H3;11-12H,6-10H2,1-5H3;5-7H,1-4H3;5-7H,1-4H3. The van der Waals surface area contributed by atoms with Crippen LogP contribution < -0.4 is 4.90 Å². The van der Waals surface area contributed by atoms with Gasteiger partial charge in [-0.1, -0.05) is 53.7 Å². The monoisotopic (exact) mass is 1870 g/mol. The highest BCUT2D eigenvalue weighted by Gasteiger charge is 2.44. The van der Waals surface area contributed by atoms with Gasteiger partial charge in [0.2, 0.25) is 5.95 Å². The fourth-order valence-corrected chi connectivity index (χ4v) is 16.6. The predicted molar refractivity (Wildman–Crippen MR) is 504 cm³/mol. The van der Waals surface area contributed by atoms with Crippen molar-refractivity contribution in [2.75, 3.05) is 89.5 Å². The van der Waals surface area contributed by atoms with Crippen molar-refractivity contribution in [3.63, 3.8) is 0 Å². The summed E-state index contributed by atoms with van der Waals surface area (Å²) in [5.74, 6) is 2.46. The lowest BCUT2D eigenvalue weighted by Crippen LogP contribution is -2.44. The molecule has 6 fully saturated rings. The Morgan fingerprint density at radius 1 is 0.426 bits per heavy atom. The molecule has 9 rings (SSSR count). The Kier molecular flexibility index (Phi) is 44.7. The number of pyridine rings is 1. The van der Waals surface area contributed by atoms with Gasteiger partial charge < -0.3 is 67.1 Å². The highest BCUT2D eigenvalue weighted by atomic mass is 32.2.